The number of hydrogen-bond donors (Lipinski definition) is 0. The summed E-state index contributed by atoms with van der Waals surface area (Å²) in [7, 11) is -3.71. The number of amides is 1. The van der Waals surface area contributed by atoms with E-state index in [4.69, 9.17) is 9.15 Å². The number of piperazine rings is 1. The fraction of sp³-hybridized carbons (Fsp3) is 0.250. The van der Waals surface area contributed by atoms with E-state index in [1.54, 1.807) is 11.0 Å². The normalized spacial score (nSPS) is 14.8. The lowest BCUT2D eigenvalue weighted by Gasteiger charge is -2.33. The first-order valence-corrected chi connectivity index (χ1v) is 11.9. The quantitative estimate of drug-likeness (QED) is 0.494. The zero-order valence-corrected chi connectivity index (χ0v) is 19.0. The van der Waals surface area contributed by atoms with Gasteiger partial charge in [-0.05, 0) is 37.3 Å². The van der Waals surface area contributed by atoms with Gasteiger partial charge in [0.05, 0.1) is 11.2 Å². The van der Waals surface area contributed by atoms with Gasteiger partial charge in [0, 0.05) is 37.3 Å². The van der Waals surface area contributed by atoms with E-state index in [1.165, 1.54) is 41.8 Å². The molecule has 0 radical (unpaired) electrons. The number of furan rings is 1. The Morgan fingerprint density at radius 2 is 1.61 bits per heavy atom. The van der Waals surface area contributed by atoms with Crippen molar-refractivity contribution < 1.29 is 27.2 Å². The van der Waals surface area contributed by atoms with Gasteiger partial charge in [0.1, 0.15) is 12.4 Å². The molecule has 4 rings (SSSR count). The summed E-state index contributed by atoms with van der Waals surface area (Å²) in [6.07, 6.45) is 1.45. The molecule has 1 fully saturated rings. The van der Waals surface area contributed by atoms with Crippen molar-refractivity contribution in [3.8, 4) is 5.75 Å². The summed E-state index contributed by atoms with van der Waals surface area (Å²) in [5, 5.41) is 0. The number of rotatable bonds is 7. The Kier molecular flexibility index (Phi) is 6.62. The molecule has 8 nitrogen and oxygen atoms in total. The van der Waals surface area contributed by atoms with Gasteiger partial charge in [0.2, 0.25) is 10.0 Å². The maximum atomic E-state index is 13.0. The first-order chi connectivity index (χ1) is 15.9. The molecular weight excluding hydrogens is 444 g/mol. The molecule has 2 aromatic carbocycles. The molecular formula is C24H24N2O6S. The molecule has 33 heavy (non-hydrogen) atoms. The van der Waals surface area contributed by atoms with Gasteiger partial charge in [0.25, 0.3) is 5.91 Å². The number of carbonyl (C=O) groups excluding carboxylic acids is 2. The predicted octanol–water partition coefficient (Wildman–Crippen LogP) is 3.21. The third-order valence-corrected chi connectivity index (χ3v) is 7.42. The molecule has 0 unspecified atom stereocenters. The summed E-state index contributed by atoms with van der Waals surface area (Å²) in [6, 6.07) is 16.9. The zero-order chi connectivity index (χ0) is 23.4. The summed E-state index contributed by atoms with van der Waals surface area (Å²) in [4.78, 5) is 26.1. The summed E-state index contributed by atoms with van der Waals surface area (Å²) in [5.74, 6) is 0.460. The van der Waals surface area contributed by atoms with E-state index in [2.05, 4.69) is 0 Å². The van der Waals surface area contributed by atoms with Crippen molar-refractivity contribution in [2.24, 2.45) is 0 Å². The second-order valence-electron chi connectivity index (χ2n) is 7.65. The molecule has 0 N–H and O–H groups in total. The Labute approximate surface area is 192 Å². The minimum absolute atomic E-state index is 0.124. The molecule has 0 saturated carbocycles. The predicted molar refractivity (Wildman–Crippen MR) is 121 cm³/mol. The minimum Gasteiger partial charge on any atom is -0.489 e. The molecule has 9 heteroatoms. The maximum absolute atomic E-state index is 13.0. The first kappa shape index (κ1) is 22.8. The highest BCUT2D eigenvalue weighted by atomic mass is 32.2. The van der Waals surface area contributed by atoms with E-state index in [1.807, 2.05) is 30.3 Å². The average molecular weight is 469 g/mol. The Hall–Kier alpha value is -3.43. The van der Waals surface area contributed by atoms with Crippen LogP contribution in [-0.2, 0) is 16.6 Å². The van der Waals surface area contributed by atoms with Gasteiger partial charge in [-0.3, -0.25) is 9.59 Å². The van der Waals surface area contributed by atoms with Crippen molar-refractivity contribution in [2.75, 3.05) is 26.2 Å². The number of para-hydroxylation sites is 1. The molecule has 0 bridgehead atoms. The third kappa shape index (κ3) is 4.99. The molecule has 1 aliphatic rings. The van der Waals surface area contributed by atoms with Gasteiger partial charge in [0.15, 0.2) is 11.5 Å². The van der Waals surface area contributed by atoms with Crippen LogP contribution in [0.5, 0.6) is 5.75 Å². The number of ketones is 1. The van der Waals surface area contributed by atoms with Crippen molar-refractivity contribution in [1.29, 1.82) is 0 Å². The summed E-state index contributed by atoms with van der Waals surface area (Å²) < 4.78 is 38.4. The number of nitrogens with zero attached hydrogens (tertiary/aromatic N) is 2. The van der Waals surface area contributed by atoms with Gasteiger partial charge in [-0.25, -0.2) is 8.42 Å². The number of carbonyl (C=O) groups is 2. The van der Waals surface area contributed by atoms with Crippen molar-refractivity contribution in [1.82, 2.24) is 9.21 Å². The van der Waals surface area contributed by atoms with Crippen LogP contribution in [0.1, 0.15) is 33.4 Å². The molecule has 1 amide bonds. The lowest BCUT2D eigenvalue weighted by molar-refractivity contribution is 0.0662. The highest BCUT2D eigenvalue weighted by Gasteiger charge is 2.32. The molecule has 1 saturated heterocycles. The van der Waals surface area contributed by atoms with Crippen molar-refractivity contribution in [3.05, 3.63) is 83.8 Å². The topological polar surface area (TPSA) is 97.1 Å². The summed E-state index contributed by atoms with van der Waals surface area (Å²) in [5.41, 5.74) is 1.08. The van der Waals surface area contributed by atoms with Gasteiger partial charge in [-0.1, -0.05) is 30.3 Å². The van der Waals surface area contributed by atoms with Gasteiger partial charge in [-0.15, -0.1) is 0 Å². The lowest BCUT2D eigenvalue weighted by Crippen LogP contribution is -2.50. The number of hydrogen-bond acceptors (Lipinski definition) is 6. The SMILES string of the molecule is CC(=O)c1ccc(S(=O)(=O)N2CCN(C(=O)c3occc3COc3ccccc3)CC2)cc1. The van der Waals surface area contributed by atoms with Crippen LogP contribution in [0.25, 0.3) is 0 Å². The van der Waals surface area contributed by atoms with E-state index in [9.17, 15) is 18.0 Å². The minimum atomic E-state index is -3.71. The largest absolute Gasteiger partial charge is 0.489 e. The summed E-state index contributed by atoms with van der Waals surface area (Å²) >= 11 is 0. The molecule has 1 aromatic heterocycles. The van der Waals surface area contributed by atoms with Crippen LogP contribution in [0.4, 0.5) is 0 Å². The van der Waals surface area contributed by atoms with Crippen LogP contribution in [-0.4, -0.2) is 55.5 Å². The molecule has 3 aromatic rings. The Balaban J connectivity index is 1.38. The Morgan fingerprint density at radius 1 is 0.939 bits per heavy atom. The maximum Gasteiger partial charge on any atom is 0.290 e. The van der Waals surface area contributed by atoms with Gasteiger partial charge < -0.3 is 14.1 Å². The number of Topliss-reactive ketones (excluding diaryl/α,β-unsaturated/α-hetero) is 1. The van der Waals surface area contributed by atoms with Crippen molar-refractivity contribution in [2.45, 2.75) is 18.4 Å². The fourth-order valence-corrected chi connectivity index (χ4v) is 5.02. The van der Waals surface area contributed by atoms with Crippen LogP contribution in [0.2, 0.25) is 0 Å². The number of ether oxygens (including phenoxy) is 1. The monoisotopic (exact) mass is 468 g/mol. The molecule has 2 heterocycles. The average Bonchev–Trinajstić information content (AvgIpc) is 3.31. The fourth-order valence-electron chi connectivity index (χ4n) is 3.60. The molecule has 1 aliphatic heterocycles. The standard InChI is InChI=1S/C24H24N2O6S/c1-18(27)19-7-9-22(10-8-19)33(29,30)26-14-12-25(13-15-26)24(28)23-20(11-16-31-23)17-32-21-5-3-2-4-6-21/h2-11,16H,12-15,17H2,1H3. The molecule has 0 atom stereocenters. The van der Waals surface area contributed by atoms with E-state index >= 15 is 0 Å². The van der Waals surface area contributed by atoms with E-state index in [0.29, 0.717) is 16.9 Å². The highest BCUT2D eigenvalue weighted by molar-refractivity contribution is 7.89. The van der Waals surface area contributed by atoms with Crippen LogP contribution in [0.15, 0.2) is 76.2 Å². The van der Waals surface area contributed by atoms with Crippen LogP contribution in [0, 0.1) is 0 Å². The lowest BCUT2D eigenvalue weighted by atomic mass is 10.2. The van der Waals surface area contributed by atoms with Gasteiger partial charge >= 0.3 is 0 Å². The van der Waals surface area contributed by atoms with Crippen LogP contribution in [0.3, 0.4) is 0 Å². The van der Waals surface area contributed by atoms with Crippen molar-refractivity contribution >= 4 is 21.7 Å². The second kappa shape index (κ2) is 9.60. The first-order valence-electron chi connectivity index (χ1n) is 10.5. The van der Waals surface area contributed by atoms with Crippen LogP contribution < -0.4 is 4.74 Å². The molecule has 172 valence electrons. The number of benzene rings is 2. The molecule has 0 spiro atoms. The van der Waals surface area contributed by atoms with E-state index < -0.39 is 10.0 Å². The van der Waals surface area contributed by atoms with Gasteiger partial charge in [-0.2, -0.15) is 4.31 Å². The zero-order valence-electron chi connectivity index (χ0n) is 18.1. The van der Waals surface area contributed by atoms with E-state index in [0.717, 1.165) is 0 Å². The smallest absolute Gasteiger partial charge is 0.290 e. The third-order valence-electron chi connectivity index (χ3n) is 5.50. The Bertz CT molecular complexity index is 1230. The molecule has 0 aliphatic carbocycles. The number of sulfonamides is 1. The van der Waals surface area contributed by atoms with E-state index in [-0.39, 0.29) is 55.1 Å². The Morgan fingerprint density at radius 3 is 2.24 bits per heavy atom. The van der Waals surface area contributed by atoms with Crippen molar-refractivity contribution in [3.63, 3.8) is 0 Å². The second-order valence-corrected chi connectivity index (χ2v) is 9.59. The van der Waals surface area contributed by atoms with Crippen LogP contribution >= 0.6 is 0 Å². The highest BCUT2D eigenvalue weighted by Crippen LogP contribution is 2.21. The summed E-state index contributed by atoms with van der Waals surface area (Å²) in [6.45, 7) is 2.43.